The van der Waals surface area contributed by atoms with Crippen LogP contribution in [0.2, 0.25) is 0 Å². The van der Waals surface area contributed by atoms with E-state index in [-0.39, 0.29) is 11.3 Å². The number of hydrazine groups is 2. The second-order valence-electron chi connectivity index (χ2n) is 14.7. The highest BCUT2D eigenvalue weighted by molar-refractivity contribution is 5.85. The molecule has 2 aliphatic carbocycles. The summed E-state index contributed by atoms with van der Waals surface area (Å²) in [6.45, 7) is 12.3. The molecule has 0 saturated heterocycles. The minimum Gasteiger partial charge on any atom is -0.257 e. The molecule has 2 atom stereocenters. The van der Waals surface area contributed by atoms with Crippen LogP contribution in [-0.4, -0.2) is 11.7 Å². The largest absolute Gasteiger partial charge is 0.257 e. The summed E-state index contributed by atoms with van der Waals surface area (Å²) in [6, 6.07) is 50.2. The predicted octanol–water partition coefficient (Wildman–Crippen LogP) is 13.0. The Morgan fingerprint density at radius 1 is 0.704 bits per heavy atom. The maximum absolute atomic E-state index is 2.54. The van der Waals surface area contributed by atoms with Crippen LogP contribution >= 0.6 is 0 Å². The SMILES string of the molecule is CC=C1C(c2ccccc2)=CC=C(C2=C(C3(C)C=CC(c4ccccc4)=CC3)N(c3ccc(-c4ccccc4)cc3C)N(CC)N2c2ccccc2)C1C. The van der Waals surface area contributed by atoms with E-state index in [0.29, 0.717) is 0 Å². The Balaban J connectivity index is 1.38. The minimum atomic E-state index is -0.324. The van der Waals surface area contributed by atoms with Gasteiger partial charge in [-0.1, -0.05) is 166 Å². The number of rotatable bonds is 8. The molecule has 2 unspecified atom stereocenters. The fraction of sp³-hybridized carbons (Fsp3) is 0.176. The quantitative estimate of drug-likeness (QED) is 0.159. The topological polar surface area (TPSA) is 9.72 Å². The van der Waals surface area contributed by atoms with Crippen molar-refractivity contribution in [1.82, 2.24) is 5.12 Å². The zero-order valence-electron chi connectivity index (χ0n) is 32.1. The summed E-state index contributed by atoms with van der Waals surface area (Å²) in [7, 11) is 0. The van der Waals surface area contributed by atoms with E-state index < -0.39 is 0 Å². The van der Waals surface area contributed by atoms with Gasteiger partial charge in [0.05, 0.1) is 22.8 Å². The Hall–Kier alpha value is -5.90. The molecule has 0 bridgehead atoms. The average Bonchev–Trinajstić information content (AvgIpc) is 3.57. The maximum Gasteiger partial charge on any atom is 0.0856 e. The number of allylic oxidation sites excluding steroid dienone is 10. The van der Waals surface area contributed by atoms with Gasteiger partial charge in [-0.05, 0) is 102 Å². The van der Waals surface area contributed by atoms with Gasteiger partial charge >= 0.3 is 0 Å². The molecule has 1 aliphatic heterocycles. The lowest BCUT2D eigenvalue weighted by molar-refractivity contribution is 0.288. The first kappa shape index (κ1) is 35.1. The van der Waals surface area contributed by atoms with Gasteiger partial charge in [0.2, 0.25) is 0 Å². The van der Waals surface area contributed by atoms with Crippen LogP contribution in [0.15, 0.2) is 199 Å². The van der Waals surface area contributed by atoms with Gasteiger partial charge in [0, 0.05) is 17.9 Å². The lowest BCUT2D eigenvalue weighted by Crippen LogP contribution is -2.48. The van der Waals surface area contributed by atoms with Crippen molar-refractivity contribution >= 4 is 22.5 Å². The second kappa shape index (κ2) is 14.9. The molecule has 0 radical (unpaired) electrons. The third-order valence-electron chi connectivity index (χ3n) is 11.3. The third-order valence-corrected chi connectivity index (χ3v) is 11.3. The monoisotopic (exact) mass is 703 g/mol. The van der Waals surface area contributed by atoms with Gasteiger partial charge in [0.15, 0.2) is 0 Å². The lowest BCUT2D eigenvalue weighted by Gasteiger charge is -2.41. The van der Waals surface area contributed by atoms with E-state index in [2.05, 4.69) is 226 Å². The summed E-state index contributed by atoms with van der Waals surface area (Å²) in [5.74, 6) is 0.151. The fourth-order valence-corrected chi connectivity index (χ4v) is 8.49. The van der Waals surface area contributed by atoms with Gasteiger partial charge < -0.3 is 0 Å². The highest BCUT2D eigenvalue weighted by Gasteiger charge is 2.48. The smallest absolute Gasteiger partial charge is 0.0856 e. The average molecular weight is 704 g/mol. The van der Waals surface area contributed by atoms with Gasteiger partial charge in [0.25, 0.3) is 0 Å². The van der Waals surface area contributed by atoms with Crippen LogP contribution < -0.4 is 10.0 Å². The third kappa shape index (κ3) is 6.29. The van der Waals surface area contributed by atoms with Crippen LogP contribution in [0.5, 0.6) is 0 Å². The summed E-state index contributed by atoms with van der Waals surface area (Å²) >= 11 is 0. The number of benzene rings is 5. The molecule has 3 aliphatic rings. The number of hydrogen-bond acceptors (Lipinski definition) is 3. The molecule has 5 aromatic rings. The first-order valence-corrected chi connectivity index (χ1v) is 19.3. The van der Waals surface area contributed by atoms with E-state index in [1.807, 2.05) is 0 Å². The van der Waals surface area contributed by atoms with E-state index in [9.17, 15) is 0 Å². The van der Waals surface area contributed by atoms with Crippen molar-refractivity contribution in [2.75, 3.05) is 16.6 Å². The lowest BCUT2D eigenvalue weighted by atomic mass is 9.73. The standard InChI is InChI=1S/C51H49N3/c1-6-45-38(4)46(29-30-47(45)42-24-16-10-17-25-42)49-50(51(5)34-32-41(33-35-51)39-20-12-8-13-21-39)54(52(7-2)53(49)44-26-18-11-19-27-44)48-31-28-43(36-37(48)3)40-22-14-9-15-23-40/h6,8-34,36,38H,7,35H2,1-5H3. The summed E-state index contributed by atoms with van der Waals surface area (Å²) in [5.41, 5.74) is 15.9. The van der Waals surface area contributed by atoms with Gasteiger partial charge in [0.1, 0.15) is 0 Å². The zero-order valence-corrected chi connectivity index (χ0v) is 32.1. The van der Waals surface area contributed by atoms with Crippen LogP contribution in [-0.2, 0) is 0 Å². The van der Waals surface area contributed by atoms with Crippen molar-refractivity contribution in [3.05, 3.63) is 215 Å². The van der Waals surface area contributed by atoms with E-state index in [4.69, 9.17) is 0 Å². The van der Waals surface area contributed by atoms with Crippen molar-refractivity contribution in [2.45, 2.75) is 41.0 Å². The molecule has 0 fully saturated rings. The highest BCUT2D eigenvalue weighted by atomic mass is 15.9. The molecule has 54 heavy (non-hydrogen) atoms. The minimum absolute atomic E-state index is 0.151. The molecule has 1 heterocycles. The Bertz CT molecular complexity index is 2330. The van der Waals surface area contributed by atoms with E-state index in [1.54, 1.807) is 0 Å². The van der Waals surface area contributed by atoms with Gasteiger partial charge in [-0.3, -0.25) is 10.0 Å². The summed E-state index contributed by atoms with van der Waals surface area (Å²) in [6.07, 6.45) is 15.2. The molecule has 0 N–H and O–H groups in total. The molecule has 0 aromatic heterocycles. The number of para-hydroxylation sites is 1. The molecule has 268 valence electrons. The van der Waals surface area contributed by atoms with E-state index >= 15 is 0 Å². The van der Waals surface area contributed by atoms with Crippen LogP contribution in [0.3, 0.4) is 0 Å². The van der Waals surface area contributed by atoms with Crippen molar-refractivity contribution in [2.24, 2.45) is 11.3 Å². The molecule has 3 nitrogen and oxygen atoms in total. The van der Waals surface area contributed by atoms with Crippen molar-refractivity contribution in [3.8, 4) is 11.1 Å². The van der Waals surface area contributed by atoms with Crippen LogP contribution in [0.1, 0.15) is 50.8 Å². The van der Waals surface area contributed by atoms with Gasteiger partial charge in [-0.2, -0.15) is 0 Å². The number of anilines is 2. The molecular weight excluding hydrogens is 655 g/mol. The van der Waals surface area contributed by atoms with Crippen LogP contribution in [0.4, 0.5) is 11.4 Å². The summed E-state index contributed by atoms with van der Waals surface area (Å²) in [5, 5.41) is 7.49. The van der Waals surface area contributed by atoms with E-state index in [0.717, 1.165) is 18.7 Å². The molecule has 0 amide bonds. The first-order valence-electron chi connectivity index (χ1n) is 19.3. The Morgan fingerprint density at radius 2 is 1.31 bits per heavy atom. The van der Waals surface area contributed by atoms with Gasteiger partial charge in [-0.15, -0.1) is 5.12 Å². The van der Waals surface area contributed by atoms with E-state index in [1.165, 1.54) is 67.2 Å². The Labute approximate surface area is 321 Å². The highest BCUT2D eigenvalue weighted by Crippen LogP contribution is 2.53. The number of hydrogen-bond donors (Lipinski definition) is 0. The first-order chi connectivity index (χ1) is 26.4. The molecular formula is C51H49N3. The normalized spacial score (nSPS) is 21.0. The Morgan fingerprint density at radius 3 is 1.89 bits per heavy atom. The maximum atomic E-state index is 2.54. The van der Waals surface area contributed by atoms with Crippen molar-refractivity contribution in [3.63, 3.8) is 0 Å². The fourth-order valence-electron chi connectivity index (χ4n) is 8.49. The molecule has 8 rings (SSSR count). The second-order valence-corrected chi connectivity index (χ2v) is 14.7. The van der Waals surface area contributed by atoms with Gasteiger partial charge in [-0.25, -0.2) is 0 Å². The molecule has 5 aromatic carbocycles. The van der Waals surface area contributed by atoms with Crippen molar-refractivity contribution < 1.29 is 0 Å². The number of nitrogens with zero attached hydrogens (tertiary/aromatic N) is 3. The zero-order chi connectivity index (χ0) is 37.2. The summed E-state index contributed by atoms with van der Waals surface area (Å²) < 4.78 is 0. The molecule has 0 saturated carbocycles. The number of aryl methyl sites for hydroxylation is 1. The molecule has 3 heteroatoms. The van der Waals surface area contributed by atoms with Crippen LogP contribution in [0, 0.1) is 18.3 Å². The predicted molar refractivity (Wildman–Crippen MR) is 229 cm³/mol. The molecule has 0 spiro atoms. The van der Waals surface area contributed by atoms with Crippen LogP contribution in [0.25, 0.3) is 22.3 Å². The van der Waals surface area contributed by atoms with Crippen molar-refractivity contribution in [1.29, 1.82) is 0 Å². The summed E-state index contributed by atoms with van der Waals surface area (Å²) in [4.78, 5) is 0. The Kier molecular flexibility index (Phi) is 9.67.